The fourth-order valence-corrected chi connectivity index (χ4v) is 5.14. The maximum absolute atomic E-state index is 12.3. The van der Waals surface area contributed by atoms with E-state index in [0.717, 1.165) is 29.5 Å². The third kappa shape index (κ3) is 2.99. The molecule has 2 aromatic rings. The van der Waals surface area contributed by atoms with E-state index in [4.69, 9.17) is 4.74 Å². The van der Waals surface area contributed by atoms with E-state index in [1.165, 1.54) is 42.5 Å². The van der Waals surface area contributed by atoms with Crippen molar-refractivity contribution >= 4 is 27.5 Å². The number of fused-ring (bicyclic) bond motifs is 3. The van der Waals surface area contributed by atoms with Crippen molar-refractivity contribution in [2.45, 2.75) is 57.9 Å². The lowest BCUT2D eigenvalue weighted by Gasteiger charge is -2.29. The van der Waals surface area contributed by atoms with E-state index in [-0.39, 0.29) is 18.6 Å². The van der Waals surface area contributed by atoms with Gasteiger partial charge in [0.05, 0.1) is 5.39 Å². The minimum absolute atomic E-state index is 0.0277. The lowest BCUT2D eigenvalue weighted by Crippen LogP contribution is -2.43. The highest BCUT2D eigenvalue weighted by atomic mass is 32.1. The van der Waals surface area contributed by atoms with Crippen molar-refractivity contribution in [2.75, 3.05) is 6.61 Å². The number of nitrogens with zero attached hydrogens (tertiary/aromatic N) is 2. The number of rotatable bonds is 4. The Kier molecular flexibility index (Phi) is 4.39. The summed E-state index contributed by atoms with van der Waals surface area (Å²) in [5.41, 5.74) is 1.33. The van der Waals surface area contributed by atoms with Gasteiger partial charge in [-0.3, -0.25) is 4.79 Å². The Balaban J connectivity index is 1.44. The van der Waals surface area contributed by atoms with Gasteiger partial charge in [-0.25, -0.2) is 9.97 Å². The van der Waals surface area contributed by atoms with E-state index >= 15 is 0 Å². The number of thiophene rings is 1. The lowest BCUT2D eigenvalue weighted by atomic mass is 9.86. The van der Waals surface area contributed by atoms with Crippen molar-refractivity contribution in [1.82, 2.24) is 15.3 Å². The Morgan fingerprint density at radius 3 is 3.04 bits per heavy atom. The van der Waals surface area contributed by atoms with Crippen LogP contribution in [-0.2, 0) is 17.6 Å². The summed E-state index contributed by atoms with van der Waals surface area (Å²) in [4.78, 5) is 23.3. The Hall–Kier alpha value is -1.69. The van der Waals surface area contributed by atoms with E-state index < -0.39 is 0 Å². The fourth-order valence-electron chi connectivity index (χ4n) is 3.92. The number of nitrogens with one attached hydrogen (secondary N) is 1. The fraction of sp³-hybridized carbons (Fsp3) is 0.611. The number of carbonyl (C=O) groups excluding carboxylic acids is 1. The van der Waals surface area contributed by atoms with E-state index in [1.807, 2.05) is 0 Å². The molecule has 2 heterocycles. The predicted octanol–water partition coefficient (Wildman–Crippen LogP) is 3.25. The van der Waals surface area contributed by atoms with Gasteiger partial charge in [0.1, 0.15) is 11.2 Å². The average Bonchev–Trinajstić information content (AvgIpc) is 3.16. The highest BCUT2D eigenvalue weighted by molar-refractivity contribution is 7.18. The van der Waals surface area contributed by atoms with Crippen molar-refractivity contribution in [3.8, 4) is 5.88 Å². The molecule has 0 bridgehead atoms. The monoisotopic (exact) mass is 345 g/mol. The normalized spacial score (nSPS) is 23.2. The van der Waals surface area contributed by atoms with Crippen LogP contribution in [0.3, 0.4) is 0 Å². The SMILES string of the molecule is C[C@H]1CCCC[C@H]1NC(=O)COc1ncnc2sc3c(c12)CCC3. The highest BCUT2D eigenvalue weighted by Gasteiger charge is 2.24. The molecule has 2 aromatic heterocycles. The number of aromatic nitrogens is 2. The average molecular weight is 345 g/mol. The second-order valence-electron chi connectivity index (χ2n) is 6.94. The molecule has 128 valence electrons. The van der Waals surface area contributed by atoms with Gasteiger partial charge in [0.2, 0.25) is 5.88 Å². The molecule has 1 saturated carbocycles. The van der Waals surface area contributed by atoms with Crippen LogP contribution >= 0.6 is 11.3 Å². The van der Waals surface area contributed by atoms with Crippen LogP contribution in [-0.4, -0.2) is 28.5 Å². The van der Waals surface area contributed by atoms with E-state index in [0.29, 0.717) is 11.8 Å². The van der Waals surface area contributed by atoms with Crippen molar-refractivity contribution in [3.05, 3.63) is 16.8 Å². The Morgan fingerprint density at radius 1 is 1.29 bits per heavy atom. The van der Waals surface area contributed by atoms with E-state index in [2.05, 4.69) is 22.2 Å². The summed E-state index contributed by atoms with van der Waals surface area (Å²) >= 11 is 1.73. The van der Waals surface area contributed by atoms with Crippen LogP contribution in [0.15, 0.2) is 6.33 Å². The Morgan fingerprint density at radius 2 is 2.17 bits per heavy atom. The van der Waals surface area contributed by atoms with E-state index in [9.17, 15) is 4.79 Å². The maximum atomic E-state index is 12.3. The molecule has 2 aliphatic rings. The van der Waals surface area contributed by atoms with Gasteiger partial charge in [-0.05, 0) is 43.6 Å². The Labute approximate surface area is 145 Å². The molecule has 0 aliphatic heterocycles. The van der Waals surface area contributed by atoms with Crippen molar-refractivity contribution in [3.63, 3.8) is 0 Å². The minimum Gasteiger partial charge on any atom is -0.467 e. The molecule has 6 heteroatoms. The van der Waals surface area contributed by atoms with Gasteiger partial charge >= 0.3 is 0 Å². The summed E-state index contributed by atoms with van der Waals surface area (Å²) < 4.78 is 5.78. The van der Waals surface area contributed by atoms with Gasteiger partial charge in [0, 0.05) is 10.9 Å². The van der Waals surface area contributed by atoms with Crippen molar-refractivity contribution in [1.29, 1.82) is 0 Å². The molecule has 0 aromatic carbocycles. The topological polar surface area (TPSA) is 64.1 Å². The summed E-state index contributed by atoms with van der Waals surface area (Å²) in [6, 6.07) is 0.283. The van der Waals surface area contributed by atoms with Gasteiger partial charge in [0.15, 0.2) is 6.61 Å². The molecule has 2 aliphatic carbocycles. The molecule has 2 atom stereocenters. The number of amides is 1. The number of hydrogen-bond donors (Lipinski definition) is 1. The summed E-state index contributed by atoms with van der Waals surface area (Å²) in [5.74, 6) is 1.06. The Bertz CT molecular complexity index is 758. The largest absolute Gasteiger partial charge is 0.467 e. The van der Waals surface area contributed by atoms with Gasteiger partial charge in [-0.1, -0.05) is 19.8 Å². The van der Waals surface area contributed by atoms with Gasteiger partial charge < -0.3 is 10.1 Å². The summed E-state index contributed by atoms with van der Waals surface area (Å²) in [5, 5.41) is 4.15. The zero-order valence-corrected chi connectivity index (χ0v) is 14.8. The molecule has 24 heavy (non-hydrogen) atoms. The van der Waals surface area contributed by atoms with Crippen molar-refractivity contribution in [2.24, 2.45) is 5.92 Å². The van der Waals surface area contributed by atoms with Gasteiger partial charge in [-0.15, -0.1) is 11.3 Å². The zero-order valence-electron chi connectivity index (χ0n) is 14.0. The molecule has 1 fully saturated rings. The van der Waals surface area contributed by atoms with Crippen LogP contribution in [0.4, 0.5) is 0 Å². The molecule has 1 N–H and O–H groups in total. The third-order valence-electron chi connectivity index (χ3n) is 5.26. The first-order chi connectivity index (χ1) is 11.7. The standard InChI is InChI=1S/C18H23N3O2S/c1-11-5-2-3-7-13(11)21-15(22)9-23-17-16-12-6-4-8-14(12)24-18(16)20-10-19-17/h10-11,13H,2-9H2,1H3,(H,21,22)/t11-,13+/m0/s1. The second-order valence-corrected chi connectivity index (χ2v) is 8.02. The smallest absolute Gasteiger partial charge is 0.258 e. The first-order valence-corrected chi connectivity index (χ1v) is 9.71. The van der Waals surface area contributed by atoms with Crippen LogP contribution in [0.5, 0.6) is 5.88 Å². The van der Waals surface area contributed by atoms with Crippen LogP contribution in [0.2, 0.25) is 0 Å². The molecular formula is C18H23N3O2S. The molecular weight excluding hydrogens is 322 g/mol. The molecule has 1 amide bonds. The molecule has 0 radical (unpaired) electrons. The predicted molar refractivity (Wildman–Crippen MR) is 94.5 cm³/mol. The highest BCUT2D eigenvalue weighted by Crippen LogP contribution is 2.39. The van der Waals surface area contributed by atoms with Crippen LogP contribution in [0, 0.1) is 5.92 Å². The van der Waals surface area contributed by atoms with Crippen molar-refractivity contribution < 1.29 is 9.53 Å². The molecule has 5 nitrogen and oxygen atoms in total. The van der Waals surface area contributed by atoms with Crippen LogP contribution < -0.4 is 10.1 Å². The first-order valence-electron chi connectivity index (χ1n) is 8.90. The van der Waals surface area contributed by atoms with Crippen LogP contribution in [0.1, 0.15) is 49.5 Å². The number of ether oxygens (including phenoxy) is 1. The lowest BCUT2D eigenvalue weighted by molar-refractivity contribution is -0.124. The number of carbonyl (C=O) groups is 1. The minimum atomic E-state index is -0.0487. The second kappa shape index (κ2) is 6.67. The maximum Gasteiger partial charge on any atom is 0.258 e. The van der Waals surface area contributed by atoms with Crippen LogP contribution in [0.25, 0.3) is 10.2 Å². The van der Waals surface area contributed by atoms with E-state index in [1.54, 1.807) is 11.3 Å². The van der Waals surface area contributed by atoms with Gasteiger partial charge in [-0.2, -0.15) is 0 Å². The molecule has 0 unspecified atom stereocenters. The summed E-state index contributed by atoms with van der Waals surface area (Å²) in [6.45, 7) is 2.24. The number of hydrogen-bond acceptors (Lipinski definition) is 5. The quantitative estimate of drug-likeness (QED) is 0.924. The number of aryl methyl sites for hydroxylation is 2. The third-order valence-corrected chi connectivity index (χ3v) is 6.46. The zero-order chi connectivity index (χ0) is 16.5. The first kappa shape index (κ1) is 15.8. The molecule has 4 rings (SSSR count). The van der Waals surface area contributed by atoms with Gasteiger partial charge in [0.25, 0.3) is 5.91 Å². The molecule has 0 saturated heterocycles. The summed E-state index contributed by atoms with van der Waals surface area (Å²) in [7, 11) is 0. The summed E-state index contributed by atoms with van der Waals surface area (Å²) in [6.07, 6.45) is 9.63. The molecule has 0 spiro atoms.